The van der Waals surface area contributed by atoms with Crippen LogP contribution in [0.15, 0.2) is 0 Å². The Morgan fingerprint density at radius 2 is 1.17 bits per heavy atom. The Morgan fingerprint density at radius 1 is 0.722 bits per heavy atom. The summed E-state index contributed by atoms with van der Waals surface area (Å²) in [4.78, 5) is 104. The number of aliphatic hydroxyl groups is 2. The number of rotatable bonds is 8. The Morgan fingerprint density at radius 3 is 1.42 bits per heavy atom. The second-order valence-electron chi connectivity index (χ2n) is 8.35. The highest BCUT2D eigenvalue weighted by Gasteiger charge is 2.90. The summed E-state index contributed by atoms with van der Waals surface area (Å²) in [6.07, 6.45) is -2.37. The van der Waals surface area contributed by atoms with Crippen LogP contribution in [0.5, 0.6) is 0 Å². The predicted molar refractivity (Wildman–Crippen MR) is 115 cm³/mol. The van der Waals surface area contributed by atoms with Crippen molar-refractivity contribution in [2.24, 2.45) is 0 Å². The molecule has 0 bridgehead atoms. The van der Waals surface area contributed by atoms with Gasteiger partial charge in [-0.05, 0) is 20.8 Å². The van der Waals surface area contributed by atoms with Gasteiger partial charge in [-0.1, -0.05) is 0 Å². The normalized spacial score (nSPS) is 31.6. The zero-order chi connectivity index (χ0) is 28.6. The molecule has 14 nitrogen and oxygen atoms in total. The van der Waals surface area contributed by atoms with Crippen molar-refractivity contribution in [2.75, 3.05) is 6.61 Å². The standard InChI is InChI=1S/C22H29NO13/c1-10(25)19(33)18(9-24)36-22(13(4)28,35-17(8)32)20(11(2)26,23(14(5)29)15(6)30)21(19,12(3)27)34-16(7)31/h18,24,33H,9H2,1-8H3/t18-,19-,20-,21+,22?/m1/s1. The van der Waals surface area contributed by atoms with E-state index in [-0.39, 0.29) is 4.90 Å². The van der Waals surface area contributed by atoms with Crippen LogP contribution < -0.4 is 0 Å². The third-order valence-electron chi connectivity index (χ3n) is 6.02. The molecule has 0 spiro atoms. The SMILES string of the molecule is CC(=O)OC1(C(C)=O)O[C@H](CO)[C@](O)(C(C)=O)[C@@](OC(C)=O)(C(C)=O)[C@@]1(C(C)=O)N(C(C)=O)C(C)=O. The molecule has 1 saturated heterocycles. The second-order valence-corrected chi connectivity index (χ2v) is 8.35. The molecule has 2 amide bonds. The number of ether oxygens (including phenoxy) is 3. The number of carbonyl (C=O) groups excluding carboxylic acids is 8. The first-order valence-corrected chi connectivity index (χ1v) is 10.5. The lowest BCUT2D eigenvalue weighted by molar-refractivity contribution is -0.370. The number of nitrogens with zero attached hydrogens (tertiary/aromatic N) is 1. The van der Waals surface area contributed by atoms with Gasteiger partial charge in [0.15, 0.2) is 17.3 Å². The van der Waals surface area contributed by atoms with E-state index < -0.39 is 82.1 Å². The number of esters is 2. The number of hydrogen-bond donors (Lipinski definition) is 2. The first kappa shape index (κ1) is 30.7. The van der Waals surface area contributed by atoms with E-state index in [2.05, 4.69) is 0 Å². The molecule has 1 aliphatic heterocycles. The minimum atomic E-state index is -3.66. The van der Waals surface area contributed by atoms with E-state index in [0.717, 1.165) is 6.92 Å². The van der Waals surface area contributed by atoms with E-state index in [1.165, 1.54) is 0 Å². The van der Waals surface area contributed by atoms with Gasteiger partial charge in [-0.25, -0.2) is 0 Å². The summed E-state index contributed by atoms with van der Waals surface area (Å²) in [5, 5.41) is 21.9. The maximum atomic E-state index is 13.7. The molecule has 0 radical (unpaired) electrons. The summed E-state index contributed by atoms with van der Waals surface area (Å²) in [7, 11) is 0. The van der Waals surface area contributed by atoms with Gasteiger partial charge in [0.1, 0.15) is 6.10 Å². The third kappa shape index (κ3) is 3.76. The molecule has 1 fully saturated rings. The lowest BCUT2D eigenvalue weighted by atomic mass is 9.54. The topological polar surface area (TPSA) is 208 Å². The minimum absolute atomic E-state index is 0.0362. The van der Waals surface area contributed by atoms with Crippen LogP contribution in [0.25, 0.3) is 0 Å². The first-order chi connectivity index (χ1) is 16.3. The number of imide groups is 1. The molecule has 0 saturated carbocycles. The number of hydrogen-bond acceptors (Lipinski definition) is 13. The number of ketones is 4. The van der Waals surface area contributed by atoms with Gasteiger partial charge in [0.05, 0.1) is 6.61 Å². The summed E-state index contributed by atoms with van der Waals surface area (Å²) in [6.45, 7) is 4.13. The van der Waals surface area contributed by atoms with E-state index in [1.807, 2.05) is 0 Å². The number of Topliss-reactive ketones (excluding diaryl/α,β-unsaturated/α-hetero) is 4. The Balaban J connectivity index is 4.92. The molecule has 1 heterocycles. The molecule has 36 heavy (non-hydrogen) atoms. The third-order valence-corrected chi connectivity index (χ3v) is 6.02. The van der Waals surface area contributed by atoms with Gasteiger partial charge in [-0.2, -0.15) is 0 Å². The lowest BCUT2D eigenvalue weighted by Gasteiger charge is -2.65. The molecular formula is C22H29NO13. The molecule has 1 unspecified atom stereocenters. The van der Waals surface area contributed by atoms with Crippen molar-refractivity contribution < 1.29 is 62.8 Å². The average Bonchev–Trinajstić information content (AvgIpc) is 2.70. The van der Waals surface area contributed by atoms with Gasteiger partial charge in [-0.15, -0.1) is 0 Å². The van der Waals surface area contributed by atoms with Gasteiger partial charge in [0.25, 0.3) is 0 Å². The van der Waals surface area contributed by atoms with Gasteiger partial charge in [0, 0.05) is 34.6 Å². The number of amides is 2. The first-order valence-electron chi connectivity index (χ1n) is 10.5. The van der Waals surface area contributed by atoms with Crippen LogP contribution >= 0.6 is 0 Å². The molecule has 1 aliphatic rings. The fraction of sp³-hybridized carbons (Fsp3) is 0.636. The van der Waals surface area contributed by atoms with E-state index in [9.17, 15) is 48.6 Å². The van der Waals surface area contributed by atoms with Gasteiger partial charge in [0.2, 0.25) is 34.3 Å². The van der Waals surface area contributed by atoms with Gasteiger partial charge < -0.3 is 24.4 Å². The van der Waals surface area contributed by atoms with Crippen molar-refractivity contribution in [3.63, 3.8) is 0 Å². The van der Waals surface area contributed by atoms with Crippen LogP contribution in [0.1, 0.15) is 55.4 Å². The van der Waals surface area contributed by atoms with E-state index >= 15 is 0 Å². The summed E-state index contributed by atoms with van der Waals surface area (Å²) in [6, 6.07) is 0. The van der Waals surface area contributed by atoms with Crippen LogP contribution in [-0.2, 0) is 52.6 Å². The van der Waals surface area contributed by atoms with Crippen molar-refractivity contribution in [3.05, 3.63) is 0 Å². The highest BCUT2D eigenvalue weighted by atomic mass is 16.7. The summed E-state index contributed by atoms with van der Waals surface area (Å²) in [5.74, 6) is -14.9. The molecule has 2 N–H and O–H groups in total. The van der Waals surface area contributed by atoms with E-state index in [4.69, 9.17) is 14.2 Å². The van der Waals surface area contributed by atoms with Crippen molar-refractivity contribution >= 4 is 46.9 Å². The van der Waals surface area contributed by atoms with Crippen molar-refractivity contribution in [1.82, 2.24) is 4.90 Å². The maximum Gasteiger partial charge on any atom is 0.309 e. The molecule has 14 heteroatoms. The fourth-order valence-corrected chi connectivity index (χ4v) is 5.06. The molecular weight excluding hydrogens is 486 g/mol. The predicted octanol–water partition coefficient (Wildman–Crippen LogP) is -1.84. The van der Waals surface area contributed by atoms with Crippen LogP contribution in [0.2, 0.25) is 0 Å². The molecule has 200 valence electrons. The largest absolute Gasteiger partial charge is 0.444 e. The average molecular weight is 515 g/mol. The second kappa shape index (κ2) is 9.95. The van der Waals surface area contributed by atoms with Crippen LogP contribution in [0, 0.1) is 0 Å². The smallest absolute Gasteiger partial charge is 0.309 e. The van der Waals surface area contributed by atoms with Gasteiger partial charge >= 0.3 is 17.7 Å². The van der Waals surface area contributed by atoms with Crippen LogP contribution in [0.3, 0.4) is 0 Å². The quantitative estimate of drug-likeness (QED) is 0.341. The molecule has 0 aliphatic carbocycles. The van der Waals surface area contributed by atoms with Crippen molar-refractivity contribution in [1.29, 1.82) is 0 Å². The summed E-state index contributed by atoms with van der Waals surface area (Å²) < 4.78 is 15.9. The maximum absolute atomic E-state index is 13.7. The molecule has 5 atom stereocenters. The summed E-state index contributed by atoms with van der Waals surface area (Å²) >= 11 is 0. The summed E-state index contributed by atoms with van der Waals surface area (Å²) in [5.41, 5.74) is -10.8. The molecule has 0 aromatic rings. The number of aliphatic hydroxyl groups excluding tert-OH is 1. The molecule has 0 aromatic carbocycles. The monoisotopic (exact) mass is 515 g/mol. The Hall–Kier alpha value is -3.36. The highest BCUT2D eigenvalue weighted by Crippen LogP contribution is 2.57. The molecule has 1 rings (SSSR count). The number of carbonyl (C=O) groups is 8. The van der Waals surface area contributed by atoms with Gasteiger partial charge in [-0.3, -0.25) is 43.3 Å². The zero-order valence-corrected chi connectivity index (χ0v) is 21.1. The van der Waals surface area contributed by atoms with E-state index in [1.54, 1.807) is 0 Å². The Labute approximate surface area is 205 Å². The lowest BCUT2D eigenvalue weighted by Crippen LogP contribution is -2.95. The van der Waals surface area contributed by atoms with Crippen molar-refractivity contribution in [3.8, 4) is 0 Å². The van der Waals surface area contributed by atoms with Crippen molar-refractivity contribution in [2.45, 2.75) is 84.0 Å². The Bertz CT molecular complexity index is 1040. The molecule has 0 aromatic heterocycles. The highest BCUT2D eigenvalue weighted by molar-refractivity contribution is 6.15. The van der Waals surface area contributed by atoms with Crippen LogP contribution in [0.4, 0.5) is 0 Å². The van der Waals surface area contributed by atoms with E-state index in [0.29, 0.717) is 48.5 Å². The zero-order valence-electron chi connectivity index (χ0n) is 21.1. The fourth-order valence-electron chi connectivity index (χ4n) is 5.06. The van der Waals surface area contributed by atoms with Crippen LogP contribution in [-0.4, -0.2) is 97.2 Å². The Kier molecular flexibility index (Phi) is 8.48. The minimum Gasteiger partial charge on any atom is -0.444 e.